The lowest BCUT2D eigenvalue weighted by Gasteiger charge is -2.11. The normalized spacial score (nSPS) is 10.9. The maximum atomic E-state index is 12.9. The Morgan fingerprint density at radius 3 is 2.39 bits per heavy atom. The number of carbonyl (C=O) groups excluding carboxylic acids is 2. The smallest absolute Gasteiger partial charge is 0.251 e. The molecule has 0 fully saturated rings. The molecule has 6 heteroatoms. The second-order valence-corrected chi connectivity index (χ2v) is 7.76. The number of rotatable bonds is 6. The Kier molecular flexibility index (Phi) is 5.70. The molecule has 0 unspecified atom stereocenters. The summed E-state index contributed by atoms with van der Waals surface area (Å²) in [5, 5.41) is 0.509. The van der Waals surface area contributed by atoms with Crippen molar-refractivity contribution < 1.29 is 9.59 Å². The van der Waals surface area contributed by atoms with Gasteiger partial charge in [-0.3, -0.25) is 9.59 Å². The third-order valence-corrected chi connectivity index (χ3v) is 5.62. The van der Waals surface area contributed by atoms with Gasteiger partial charge in [-0.1, -0.05) is 30.0 Å². The first kappa shape index (κ1) is 19.9. The topological polar surface area (TPSA) is 78.0 Å². The van der Waals surface area contributed by atoms with Gasteiger partial charge in [0.2, 0.25) is 0 Å². The highest BCUT2D eigenvalue weighted by Crippen LogP contribution is 2.27. The lowest BCUT2D eigenvalue weighted by Crippen LogP contribution is -2.16. The molecule has 0 atom stereocenters. The fraction of sp³-hybridized carbons (Fsp3) is 0.227. The van der Waals surface area contributed by atoms with Gasteiger partial charge in [-0.05, 0) is 57.5 Å². The zero-order valence-electron chi connectivity index (χ0n) is 16.4. The number of ketones is 1. The summed E-state index contributed by atoms with van der Waals surface area (Å²) in [5.41, 5.74) is 11.1. The number of pyridine rings is 1. The second kappa shape index (κ2) is 8.02. The SMILES string of the molecule is Cc1cc(C)c(C(N)=O)c(SCC(=O)c2cc(C)n(-c3ccccc3)c2C)n1. The summed E-state index contributed by atoms with van der Waals surface area (Å²) in [5.74, 6) is -0.339. The maximum absolute atomic E-state index is 12.9. The Morgan fingerprint density at radius 2 is 1.75 bits per heavy atom. The number of aryl methyl sites for hydroxylation is 3. The van der Waals surface area contributed by atoms with E-state index in [0.29, 0.717) is 16.2 Å². The van der Waals surface area contributed by atoms with Crippen molar-refractivity contribution in [3.63, 3.8) is 0 Å². The summed E-state index contributed by atoms with van der Waals surface area (Å²) in [4.78, 5) is 29.1. The number of aromatic nitrogens is 2. The molecule has 1 amide bonds. The van der Waals surface area contributed by atoms with E-state index in [4.69, 9.17) is 5.73 Å². The first-order chi connectivity index (χ1) is 13.3. The zero-order valence-corrected chi connectivity index (χ0v) is 17.3. The monoisotopic (exact) mass is 393 g/mol. The average Bonchev–Trinajstić information content (AvgIpc) is 2.93. The number of hydrogen-bond acceptors (Lipinski definition) is 4. The molecule has 0 aliphatic heterocycles. The number of benzene rings is 1. The summed E-state index contributed by atoms with van der Waals surface area (Å²) in [7, 11) is 0. The second-order valence-electron chi connectivity index (χ2n) is 6.79. The van der Waals surface area contributed by atoms with Crippen molar-refractivity contribution >= 4 is 23.5 Å². The van der Waals surface area contributed by atoms with Crippen LogP contribution in [0.3, 0.4) is 0 Å². The van der Waals surface area contributed by atoms with Crippen LogP contribution in [-0.2, 0) is 0 Å². The summed E-state index contributed by atoms with van der Waals surface area (Å²) < 4.78 is 2.07. The highest BCUT2D eigenvalue weighted by molar-refractivity contribution is 8.00. The van der Waals surface area contributed by atoms with Crippen LogP contribution in [0.5, 0.6) is 0 Å². The molecule has 2 N–H and O–H groups in total. The van der Waals surface area contributed by atoms with Crippen LogP contribution in [0.25, 0.3) is 5.69 Å². The molecule has 1 aromatic carbocycles. The fourth-order valence-electron chi connectivity index (χ4n) is 3.44. The van der Waals surface area contributed by atoms with Crippen LogP contribution in [0.4, 0.5) is 0 Å². The molecule has 3 rings (SSSR count). The van der Waals surface area contributed by atoms with Gasteiger partial charge in [-0.15, -0.1) is 0 Å². The van der Waals surface area contributed by atoms with E-state index in [1.165, 1.54) is 11.8 Å². The number of nitrogens with two attached hydrogens (primary N) is 1. The van der Waals surface area contributed by atoms with Crippen molar-refractivity contribution in [2.45, 2.75) is 32.7 Å². The summed E-state index contributed by atoms with van der Waals surface area (Å²) in [6.07, 6.45) is 0. The number of para-hydroxylation sites is 1. The number of Topliss-reactive ketones (excluding diaryl/α,β-unsaturated/α-hetero) is 1. The number of primary amides is 1. The van der Waals surface area contributed by atoms with E-state index < -0.39 is 5.91 Å². The van der Waals surface area contributed by atoms with Crippen LogP contribution >= 0.6 is 11.8 Å². The summed E-state index contributed by atoms with van der Waals surface area (Å²) in [6, 6.07) is 13.7. The first-order valence-electron chi connectivity index (χ1n) is 8.98. The summed E-state index contributed by atoms with van der Waals surface area (Å²) in [6.45, 7) is 7.62. The van der Waals surface area contributed by atoms with E-state index in [1.807, 2.05) is 70.2 Å². The Balaban J connectivity index is 1.87. The van der Waals surface area contributed by atoms with E-state index in [1.54, 1.807) is 0 Å². The molecule has 0 aliphatic rings. The van der Waals surface area contributed by atoms with Gasteiger partial charge in [0.25, 0.3) is 5.91 Å². The maximum Gasteiger partial charge on any atom is 0.251 e. The Morgan fingerprint density at radius 1 is 1.07 bits per heavy atom. The van der Waals surface area contributed by atoms with Crippen LogP contribution in [-0.4, -0.2) is 27.0 Å². The molecular formula is C22H23N3O2S. The van der Waals surface area contributed by atoms with Crippen LogP contribution in [0.2, 0.25) is 0 Å². The standard InChI is InChI=1S/C22H23N3O2S/c1-13-10-14(2)24-22(20(13)21(23)27)28-12-19(26)18-11-15(3)25(16(18)4)17-8-6-5-7-9-17/h5-11H,12H2,1-4H3,(H2,23,27). The summed E-state index contributed by atoms with van der Waals surface area (Å²) >= 11 is 1.26. The average molecular weight is 394 g/mol. The molecule has 5 nitrogen and oxygen atoms in total. The molecule has 3 aromatic rings. The Hall–Kier alpha value is -2.86. The lowest BCUT2D eigenvalue weighted by atomic mass is 10.1. The highest BCUT2D eigenvalue weighted by atomic mass is 32.2. The van der Waals surface area contributed by atoms with Crippen molar-refractivity contribution in [3.05, 3.63) is 76.2 Å². The third-order valence-electron chi connectivity index (χ3n) is 4.64. The first-order valence-corrected chi connectivity index (χ1v) is 9.96. The van der Waals surface area contributed by atoms with Gasteiger partial charge in [0, 0.05) is 28.3 Å². The molecule has 0 radical (unpaired) electrons. The molecule has 0 spiro atoms. The molecule has 144 valence electrons. The Labute approximate surface area is 169 Å². The van der Waals surface area contributed by atoms with Gasteiger partial charge in [0.15, 0.2) is 5.78 Å². The third kappa shape index (κ3) is 3.87. The zero-order chi connectivity index (χ0) is 20.4. The van der Waals surface area contributed by atoms with Gasteiger partial charge in [-0.25, -0.2) is 4.98 Å². The molecule has 0 bridgehead atoms. The fourth-order valence-corrected chi connectivity index (χ4v) is 4.48. The van der Waals surface area contributed by atoms with Crippen LogP contribution in [0.15, 0.2) is 47.5 Å². The largest absolute Gasteiger partial charge is 0.366 e. The Bertz CT molecular complexity index is 1060. The number of carbonyl (C=O) groups is 2. The van der Waals surface area contributed by atoms with Gasteiger partial charge in [0.05, 0.1) is 11.3 Å². The number of hydrogen-bond donors (Lipinski definition) is 1. The van der Waals surface area contributed by atoms with E-state index in [0.717, 1.165) is 28.3 Å². The van der Waals surface area contributed by atoms with Crippen molar-refractivity contribution in [2.24, 2.45) is 5.73 Å². The molecular weight excluding hydrogens is 370 g/mol. The molecule has 0 saturated heterocycles. The van der Waals surface area contributed by atoms with Gasteiger partial charge >= 0.3 is 0 Å². The minimum Gasteiger partial charge on any atom is -0.366 e. The van der Waals surface area contributed by atoms with Crippen LogP contribution in [0.1, 0.15) is 43.4 Å². The van der Waals surface area contributed by atoms with Gasteiger partial charge < -0.3 is 10.3 Å². The van der Waals surface area contributed by atoms with Gasteiger partial charge in [0.1, 0.15) is 5.03 Å². The molecule has 2 heterocycles. The predicted octanol–water partition coefficient (Wildman–Crippen LogP) is 4.18. The predicted molar refractivity (Wildman–Crippen MR) is 113 cm³/mol. The quantitative estimate of drug-likeness (QED) is 0.503. The van der Waals surface area contributed by atoms with E-state index in [-0.39, 0.29) is 11.5 Å². The van der Waals surface area contributed by atoms with Gasteiger partial charge in [-0.2, -0.15) is 0 Å². The minimum atomic E-state index is -0.526. The van der Waals surface area contributed by atoms with E-state index in [9.17, 15) is 9.59 Å². The van der Waals surface area contributed by atoms with Crippen molar-refractivity contribution in [1.29, 1.82) is 0 Å². The van der Waals surface area contributed by atoms with E-state index >= 15 is 0 Å². The molecule has 2 aromatic heterocycles. The molecule has 0 aliphatic carbocycles. The highest BCUT2D eigenvalue weighted by Gasteiger charge is 2.19. The van der Waals surface area contributed by atoms with Crippen LogP contribution in [0, 0.1) is 27.7 Å². The number of amides is 1. The van der Waals surface area contributed by atoms with Crippen LogP contribution < -0.4 is 5.73 Å². The number of nitrogens with zero attached hydrogens (tertiary/aromatic N) is 2. The number of thioether (sulfide) groups is 1. The lowest BCUT2D eigenvalue weighted by molar-refractivity contribution is 0.0992. The molecule has 0 saturated carbocycles. The molecule has 28 heavy (non-hydrogen) atoms. The van der Waals surface area contributed by atoms with Crippen molar-refractivity contribution in [3.8, 4) is 5.69 Å². The van der Waals surface area contributed by atoms with E-state index in [2.05, 4.69) is 9.55 Å². The van der Waals surface area contributed by atoms with Crippen molar-refractivity contribution in [2.75, 3.05) is 5.75 Å². The minimum absolute atomic E-state index is 0.00309. The van der Waals surface area contributed by atoms with Crippen molar-refractivity contribution in [1.82, 2.24) is 9.55 Å².